The number of anilines is 1. The van der Waals surface area contributed by atoms with Gasteiger partial charge >= 0.3 is 0 Å². The molecule has 4 rings (SSSR count). The summed E-state index contributed by atoms with van der Waals surface area (Å²) in [6.45, 7) is 0.286. The highest BCUT2D eigenvalue weighted by atomic mass is 16.3. The highest BCUT2D eigenvalue weighted by Crippen LogP contribution is 2.20. The Bertz CT molecular complexity index is 1130. The maximum absolute atomic E-state index is 12.5. The van der Waals surface area contributed by atoms with Gasteiger partial charge in [-0.15, -0.1) is 0 Å². The molecule has 146 valence electrons. The van der Waals surface area contributed by atoms with Crippen LogP contribution >= 0.6 is 0 Å². The number of rotatable bonds is 7. The van der Waals surface area contributed by atoms with E-state index in [1.54, 1.807) is 42.7 Å². The maximum Gasteiger partial charge on any atom is 0.253 e. The molecule has 6 nitrogen and oxygen atoms in total. The van der Waals surface area contributed by atoms with E-state index in [-0.39, 0.29) is 18.4 Å². The third-order valence-corrected chi connectivity index (χ3v) is 4.75. The van der Waals surface area contributed by atoms with Crippen LogP contribution in [-0.4, -0.2) is 16.8 Å². The molecule has 2 aromatic heterocycles. The number of aryl methyl sites for hydroxylation is 1. The van der Waals surface area contributed by atoms with E-state index in [4.69, 9.17) is 4.42 Å². The van der Waals surface area contributed by atoms with Crippen LogP contribution in [0.15, 0.2) is 77.5 Å². The molecule has 2 amide bonds. The highest BCUT2D eigenvalue weighted by Gasteiger charge is 2.14. The molecule has 0 spiro atoms. The summed E-state index contributed by atoms with van der Waals surface area (Å²) < 4.78 is 5.23. The predicted octanol–water partition coefficient (Wildman–Crippen LogP) is 4.26. The quantitative estimate of drug-likeness (QED) is 0.443. The van der Waals surface area contributed by atoms with Gasteiger partial charge in [-0.05, 0) is 42.3 Å². The molecule has 4 aromatic rings. The third-order valence-electron chi connectivity index (χ3n) is 4.75. The molecule has 2 aromatic carbocycles. The molecule has 6 heteroatoms. The molecule has 0 fully saturated rings. The number of hydrogen-bond donors (Lipinski definition) is 3. The van der Waals surface area contributed by atoms with Crippen LogP contribution in [0.2, 0.25) is 0 Å². The van der Waals surface area contributed by atoms with Crippen LogP contribution in [0.5, 0.6) is 0 Å². The van der Waals surface area contributed by atoms with E-state index in [9.17, 15) is 9.59 Å². The topological polar surface area (TPSA) is 87.1 Å². The smallest absolute Gasteiger partial charge is 0.253 e. The summed E-state index contributed by atoms with van der Waals surface area (Å²) in [6, 6.07) is 18.5. The van der Waals surface area contributed by atoms with Crippen molar-refractivity contribution in [1.29, 1.82) is 0 Å². The number of fused-ring (bicyclic) bond motifs is 1. The van der Waals surface area contributed by atoms with Crippen LogP contribution in [0, 0.1) is 0 Å². The number of para-hydroxylation sites is 2. The van der Waals surface area contributed by atoms with Crippen LogP contribution in [0.25, 0.3) is 10.9 Å². The van der Waals surface area contributed by atoms with Crippen LogP contribution in [0.4, 0.5) is 5.69 Å². The number of aromatic nitrogens is 1. The molecule has 0 saturated carbocycles. The Morgan fingerprint density at radius 1 is 0.966 bits per heavy atom. The average molecular weight is 387 g/mol. The molecule has 0 bridgehead atoms. The van der Waals surface area contributed by atoms with Gasteiger partial charge in [0, 0.05) is 23.5 Å². The second-order valence-electron chi connectivity index (χ2n) is 6.72. The Balaban J connectivity index is 1.38. The fraction of sp³-hybridized carbons (Fsp3) is 0.130. The lowest BCUT2D eigenvalue weighted by atomic mass is 10.1. The molecule has 0 aliphatic heterocycles. The van der Waals surface area contributed by atoms with Crippen molar-refractivity contribution >= 4 is 28.4 Å². The van der Waals surface area contributed by atoms with Gasteiger partial charge in [0.15, 0.2) is 0 Å². The molecule has 0 saturated heterocycles. The van der Waals surface area contributed by atoms with Gasteiger partial charge in [0.1, 0.15) is 5.76 Å². The molecule has 29 heavy (non-hydrogen) atoms. The zero-order valence-corrected chi connectivity index (χ0v) is 15.8. The third kappa shape index (κ3) is 4.38. The Labute approximate surface area is 167 Å². The predicted molar refractivity (Wildman–Crippen MR) is 112 cm³/mol. The van der Waals surface area contributed by atoms with E-state index >= 15 is 0 Å². The van der Waals surface area contributed by atoms with Crippen molar-refractivity contribution < 1.29 is 14.0 Å². The van der Waals surface area contributed by atoms with Crippen LogP contribution in [0.1, 0.15) is 28.1 Å². The van der Waals surface area contributed by atoms with Crippen molar-refractivity contribution in [2.24, 2.45) is 0 Å². The van der Waals surface area contributed by atoms with Crippen molar-refractivity contribution in [2.75, 3.05) is 5.32 Å². The van der Waals surface area contributed by atoms with Crippen molar-refractivity contribution in [3.05, 3.63) is 90.0 Å². The number of carbonyl (C=O) groups is 2. The maximum atomic E-state index is 12.5. The Morgan fingerprint density at radius 2 is 1.79 bits per heavy atom. The summed E-state index contributed by atoms with van der Waals surface area (Å²) in [5, 5.41) is 6.79. The minimum absolute atomic E-state index is 0.137. The van der Waals surface area contributed by atoms with Gasteiger partial charge in [0.05, 0.1) is 24.1 Å². The number of nitrogens with one attached hydrogen (secondary N) is 3. The molecule has 0 atom stereocenters. The van der Waals surface area contributed by atoms with Gasteiger partial charge in [-0.1, -0.05) is 30.3 Å². The van der Waals surface area contributed by atoms with Gasteiger partial charge < -0.3 is 20.0 Å². The van der Waals surface area contributed by atoms with Gasteiger partial charge in [0.25, 0.3) is 5.91 Å². The van der Waals surface area contributed by atoms with Gasteiger partial charge in [-0.25, -0.2) is 0 Å². The average Bonchev–Trinajstić information content (AvgIpc) is 3.41. The number of benzene rings is 2. The number of carbonyl (C=O) groups excluding carboxylic acids is 2. The zero-order valence-electron chi connectivity index (χ0n) is 15.8. The van der Waals surface area contributed by atoms with E-state index in [2.05, 4.69) is 15.6 Å². The lowest BCUT2D eigenvalue weighted by Crippen LogP contribution is -2.24. The molecular weight excluding hydrogens is 366 g/mol. The molecule has 3 N–H and O–H groups in total. The number of furan rings is 1. The molecular formula is C23H21N3O3. The molecule has 0 unspecified atom stereocenters. The first-order valence-electron chi connectivity index (χ1n) is 9.45. The van der Waals surface area contributed by atoms with Gasteiger partial charge in [-0.2, -0.15) is 0 Å². The molecule has 0 radical (unpaired) electrons. The first-order valence-corrected chi connectivity index (χ1v) is 9.45. The van der Waals surface area contributed by atoms with Crippen molar-refractivity contribution in [3.8, 4) is 0 Å². The zero-order chi connectivity index (χ0) is 20.1. The van der Waals surface area contributed by atoms with Crippen molar-refractivity contribution in [2.45, 2.75) is 19.4 Å². The van der Waals surface area contributed by atoms with E-state index in [1.165, 1.54) is 0 Å². The number of amides is 2. The normalized spacial score (nSPS) is 10.8. The Hall–Kier alpha value is -3.80. The molecule has 0 aliphatic rings. The summed E-state index contributed by atoms with van der Waals surface area (Å²) in [5.74, 6) is 0.258. The second-order valence-corrected chi connectivity index (χ2v) is 6.72. The number of H-pyrrole nitrogens is 1. The standard InChI is InChI=1S/C23H21N3O3/c27-22(12-11-16-14-24-20-9-3-1-7-18(16)20)26-21-10-4-2-8-19(21)23(28)25-15-17-6-5-13-29-17/h1-10,13-14,24H,11-12,15H2,(H,25,28)(H,26,27). The summed E-state index contributed by atoms with van der Waals surface area (Å²) in [5.41, 5.74) is 3.06. The van der Waals surface area contributed by atoms with Crippen LogP contribution in [-0.2, 0) is 17.8 Å². The first-order chi connectivity index (χ1) is 14.2. The second kappa shape index (κ2) is 8.48. The van der Waals surface area contributed by atoms with Crippen molar-refractivity contribution in [1.82, 2.24) is 10.3 Å². The Morgan fingerprint density at radius 3 is 2.66 bits per heavy atom. The van der Waals surface area contributed by atoms with E-state index in [1.807, 2.05) is 30.5 Å². The lowest BCUT2D eigenvalue weighted by molar-refractivity contribution is -0.116. The minimum Gasteiger partial charge on any atom is -0.467 e. The fourth-order valence-corrected chi connectivity index (χ4v) is 3.27. The van der Waals surface area contributed by atoms with E-state index < -0.39 is 0 Å². The highest BCUT2D eigenvalue weighted by molar-refractivity contribution is 6.03. The minimum atomic E-state index is -0.270. The van der Waals surface area contributed by atoms with E-state index in [0.29, 0.717) is 29.9 Å². The Kier molecular flexibility index (Phi) is 5.42. The number of aromatic amines is 1. The van der Waals surface area contributed by atoms with Crippen LogP contribution in [0.3, 0.4) is 0 Å². The SMILES string of the molecule is O=C(CCc1c[nH]c2ccccc12)Nc1ccccc1C(=O)NCc1ccco1. The molecule has 0 aliphatic carbocycles. The van der Waals surface area contributed by atoms with Gasteiger partial charge in [0.2, 0.25) is 5.91 Å². The molecule has 2 heterocycles. The van der Waals surface area contributed by atoms with Crippen LogP contribution < -0.4 is 10.6 Å². The number of hydrogen-bond acceptors (Lipinski definition) is 3. The summed E-state index contributed by atoms with van der Waals surface area (Å²) >= 11 is 0. The first kappa shape index (κ1) is 18.6. The fourth-order valence-electron chi connectivity index (χ4n) is 3.27. The monoisotopic (exact) mass is 387 g/mol. The largest absolute Gasteiger partial charge is 0.467 e. The van der Waals surface area contributed by atoms with Gasteiger partial charge in [-0.3, -0.25) is 9.59 Å². The summed E-state index contributed by atoms with van der Waals surface area (Å²) in [4.78, 5) is 28.2. The van der Waals surface area contributed by atoms with Crippen molar-refractivity contribution in [3.63, 3.8) is 0 Å². The lowest BCUT2D eigenvalue weighted by Gasteiger charge is -2.11. The summed E-state index contributed by atoms with van der Waals surface area (Å²) in [7, 11) is 0. The van der Waals surface area contributed by atoms with E-state index in [0.717, 1.165) is 16.5 Å². The summed E-state index contributed by atoms with van der Waals surface area (Å²) in [6.07, 6.45) is 4.43.